The number of anilines is 3. The normalized spacial score (nSPS) is 10.6. The summed E-state index contributed by atoms with van der Waals surface area (Å²) in [6.07, 6.45) is 6.52. The van der Waals surface area contributed by atoms with Crippen LogP contribution in [0.15, 0.2) is 17.4 Å². The molecule has 13 nitrogen and oxygen atoms in total. The zero-order valence-corrected chi connectivity index (χ0v) is 19.9. The number of carbonyl (C=O) groups is 2. The number of unbranched alkanes of at least 4 members (excludes halogenated alkanes) is 3. The largest absolute Gasteiger partial charge is 0.382 e. The molecule has 0 spiro atoms. The molecule has 0 aliphatic carbocycles. The minimum atomic E-state index is -0.679. The van der Waals surface area contributed by atoms with Gasteiger partial charge in [0.2, 0.25) is 5.95 Å². The summed E-state index contributed by atoms with van der Waals surface area (Å²) in [5.41, 5.74) is 16.6. The molecular weight excluding hydrogens is 499 g/mol. The molecule has 2 amide bonds. The average Bonchev–Trinajstić information content (AvgIpc) is 3.22. The molecule has 0 unspecified atom stereocenters. The Balaban J connectivity index is 0.00000512. The van der Waals surface area contributed by atoms with Crippen LogP contribution in [-0.2, 0) is 9.53 Å². The van der Waals surface area contributed by atoms with Gasteiger partial charge in [-0.2, -0.15) is 0 Å². The Bertz CT molecular complexity index is 912. The Morgan fingerprint density at radius 2 is 1.85 bits per heavy atom. The molecule has 0 saturated heterocycles. The molecule has 0 aromatic carbocycles. The van der Waals surface area contributed by atoms with E-state index in [1.165, 1.54) is 0 Å². The van der Waals surface area contributed by atoms with E-state index in [4.69, 9.17) is 33.5 Å². The van der Waals surface area contributed by atoms with Crippen molar-refractivity contribution in [3.8, 4) is 0 Å². The Labute approximate surface area is 207 Å². The molecule has 0 radical (unpaired) electrons. The fourth-order valence-corrected chi connectivity index (χ4v) is 2.49. The van der Waals surface area contributed by atoms with E-state index in [0.29, 0.717) is 19.1 Å². The molecule has 2 heterocycles. The summed E-state index contributed by atoms with van der Waals surface area (Å²) in [5, 5.41) is 4.81. The van der Waals surface area contributed by atoms with Crippen LogP contribution in [-0.4, -0.2) is 57.5 Å². The van der Waals surface area contributed by atoms with E-state index in [1.807, 2.05) is 0 Å². The number of ether oxygens (including phenoxy) is 1. The molecule has 0 aliphatic heterocycles. The summed E-state index contributed by atoms with van der Waals surface area (Å²) in [6.45, 7) is 0.872. The molecule has 16 heteroatoms. The van der Waals surface area contributed by atoms with E-state index in [0.717, 1.165) is 25.7 Å². The van der Waals surface area contributed by atoms with E-state index in [-0.39, 0.29) is 65.8 Å². The number of guanidine groups is 1. The number of nitrogens with zero attached hydrogens (tertiary/aromatic N) is 4. The number of aromatic amines is 1. The maximum absolute atomic E-state index is 12.1. The van der Waals surface area contributed by atoms with Crippen molar-refractivity contribution in [3.05, 3.63) is 23.2 Å². The van der Waals surface area contributed by atoms with E-state index in [9.17, 15) is 9.59 Å². The summed E-state index contributed by atoms with van der Waals surface area (Å²) in [7, 11) is 0. The van der Waals surface area contributed by atoms with E-state index in [1.54, 1.807) is 12.4 Å². The van der Waals surface area contributed by atoms with Crippen molar-refractivity contribution in [2.45, 2.75) is 25.7 Å². The van der Waals surface area contributed by atoms with Crippen LogP contribution in [0.2, 0.25) is 5.15 Å². The predicted molar refractivity (Wildman–Crippen MR) is 131 cm³/mol. The number of halogens is 3. The fourth-order valence-electron chi connectivity index (χ4n) is 2.36. The lowest BCUT2D eigenvalue weighted by Crippen LogP contribution is -2.38. The smallest absolute Gasteiger partial charge is 0.280 e. The first-order valence-electron chi connectivity index (χ1n) is 9.43. The van der Waals surface area contributed by atoms with Crippen molar-refractivity contribution in [2.75, 3.05) is 36.5 Å². The zero-order valence-electron chi connectivity index (χ0n) is 17.5. The lowest BCUT2D eigenvalue weighted by atomic mass is 10.2. The molecule has 0 saturated carbocycles. The molecule has 0 atom stereocenters. The monoisotopic (exact) mass is 524 g/mol. The number of aliphatic imine (C=N–C) groups is 1. The number of hydrogen-bond acceptors (Lipinski definition) is 9. The number of nitrogens with one attached hydrogen (secondary N) is 3. The van der Waals surface area contributed by atoms with Gasteiger partial charge in [-0.25, -0.2) is 15.0 Å². The second-order valence-electron chi connectivity index (χ2n) is 6.31. The van der Waals surface area contributed by atoms with E-state index in [2.05, 4.69) is 35.6 Å². The van der Waals surface area contributed by atoms with Crippen molar-refractivity contribution < 1.29 is 14.3 Å². The maximum atomic E-state index is 12.1. The highest BCUT2D eigenvalue weighted by atomic mass is 35.5. The molecule has 2 aromatic rings. The summed E-state index contributed by atoms with van der Waals surface area (Å²) < 4.78 is 5.31. The third kappa shape index (κ3) is 11.0. The summed E-state index contributed by atoms with van der Waals surface area (Å²) in [5.74, 6) is -0.853. The van der Waals surface area contributed by atoms with Gasteiger partial charge in [-0.1, -0.05) is 24.4 Å². The van der Waals surface area contributed by atoms with Gasteiger partial charge in [0, 0.05) is 25.5 Å². The average molecular weight is 526 g/mol. The van der Waals surface area contributed by atoms with Crippen LogP contribution in [0.1, 0.15) is 36.2 Å². The standard InChI is InChI=1S/C17H25ClN10O3.2ClH/c18-12-14(20)27-13(19)11(26-12)15(30)28-16(21)22-5-3-1-2-4-8-31-9-10(29)25-17-23-6-7-24-17;;/h6-7H,1-5,8-9H2,(H4,19,20,27)(H3,21,22,28,30)(H2,23,24,25,29);2*1H. The molecule has 0 bridgehead atoms. The molecule has 184 valence electrons. The topological polar surface area (TPSA) is 212 Å². The Hall–Kier alpha value is -2.87. The van der Waals surface area contributed by atoms with Crippen LogP contribution in [0.5, 0.6) is 0 Å². The van der Waals surface area contributed by atoms with Gasteiger partial charge in [-0.3, -0.25) is 25.2 Å². The molecular formula is C17H27Cl3N10O3. The van der Waals surface area contributed by atoms with Gasteiger partial charge in [-0.05, 0) is 12.8 Å². The number of amides is 2. The SMILES string of the molecule is Cl.Cl.NC(=NCCCCCCOCC(=O)Nc1ncc[nH]1)NC(=O)c1nc(Cl)c(N)nc1N. The summed E-state index contributed by atoms with van der Waals surface area (Å²) >= 11 is 5.75. The molecule has 0 fully saturated rings. The number of imidazole rings is 1. The first-order valence-corrected chi connectivity index (χ1v) is 9.81. The van der Waals surface area contributed by atoms with Crippen molar-refractivity contribution in [3.63, 3.8) is 0 Å². The van der Waals surface area contributed by atoms with Gasteiger partial charge in [0.1, 0.15) is 6.61 Å². The van der Waals surface area contributed by atoms with Crippen molar-refractivity contribution in [1.29, 1.82) is 0 Å². The maximum Gasteiger partial charge on any atom is 0.280 e. The zero-order chi connectivity index (χ0) is 22.6. The predicted octanol–water partition coefficient (Wildman–Crippen LogP) is 1.12. The van der Waals surface area contributed by atoms with Gasteiger partial charge in [0.05, 0.1) is 0 Å². The van der Waals surface area contributed by atoms with Crippen LogP contribution in [0.4, 0.5) is 17.6 Å². The Morgan fingerprint density at radius 1 is 1.12 bits per heavy atom. The van der Waals surface area contributed by atoms with Gasteiger partial charge >= 0.3 is 0 Å². The third-order valence-electron chi connectivity index (χ3n) is 3.83. The van der Waals surface area contributed by atoms with E-state index < -0.39 is 5.91 Å². The van der Waals surface area contributed by atoms with Crippen LogP contribution >= 0.6 is 36.4 Å². The van der Waals surface area contributed by atoms with Crippen LogP contribution in [0.25, 0.3) is 0 Å². The second kappa shape index (κ2) is 15.9. The number of hydrogen-bond donors (Lipinski definition) is 6. The minimum Gasteiger partial charge on any atom is -0.382 e. The Morgan fingerprint density at radius 3 is 2.55 bits per heavy atom. The first kappa shape index (κ1) is 30.1. The first-order chi connectivity index (χ1) is 14.9. The molecule has 2 aromatic heterocycles. The van der Waals surface area contributed by atoms with Gasteiger partial charge in [0.15, 0.2) is 28.4 Å². The van der Waals surface area contributed by atoms with Crippen LogP contribution < -0.4 is 27.8 Å². The number of nitrogens with two attached hydrogens (primary N) is 3. The van der Waals surface area contributed by atoms with E-state index >= 15 is 0 Å². The van der Waals surface area contributed by atoms with Crippen molar-refractivity contribution >= 4 is 71.8 Å². The number of nitrogen functional groups attached to an aromatic ring is 2. The molecule has 9 N–H and O–H groups in total. The quantitative estimate of drug-likeness (QED) is 0.141. The molecule has 2 rings (SSSR count). The number of carbonyl (C=O) groups excluding carboxylic acids is 2. The second-order valence-corrected chi connectivity index (χ2v) is 6.67. The number of aromatic nitrogens is 4. The van der Waals surface area contributed by atoms with Gasteiger partial charge in [-0.15, -0.1) is 24.8 Å². The highest BCUT2D eigenvalue weighted by molar-refractivity contribution is 6.31. The fraction of sp³-hybridized carbons (Fsp3) is 0.412. The summed E-state index contributed by atoms with van der Waals surface area (Å²) in [6, 6.07) is 0. The van der Waals surface area contributed by atoms with Crippen LogP contribution in [0, 0.1) is 0 Å². The van der Waals surface area contributed by atoms with Gasteiger partial charge in [0.25, 0.3) is 11.8 Å². The minimum absolute atomic E-state index is 0. The summed E-state index contributed by atoms with van der Waals surface area (Å²) in [4.78, 5) is 41.9. The lowest BCUT2D eigenvalue weighted by Gasteiger charge is -2.07. The number of H-pyrrole nitrogens is 1. The third-order valence-corrected chi connectivity index (χ3v) is 4.11. The van der Waals surface area contributed by atoms with Crippen LogP contribution in [0.3, 0.4) is 0 Å². The molecule has 33 heavy (non-hydrogen) atoms. The number of rotatable bonds is 11. The van der Waals surface area contributed by atoms with Crippen molar-refractivity contribution in [1.82, 2.24) is 25.3 Å². The van der Waals surface area contributed by atoms with Gasteiger partial charge < -0.3 is 26.9 Å². The molecule has 0 aliphatic rings. The Kier molecular flexibility index (Phi) is 14.5. The highest BCUT2D eigenvalue weighted by Gasteiger charge is 2.16. The highest BCUT2D eigenvalue weighted by Crippen LogP contribution is 2.17. The lowest BCUT2D eigenvalue weighted by molar-refractivity contribution is -0.120. The van der Waals surface area contributed by atoms with Crippen molar-refractivity contribution in [2.24, 2.45) is 10.7 Å².